The van der Waals surface area contributed by atoms with Crippen molar-refractivity contribution in [2.75, 3.05) is 13.1 Å². The highest BCUT2D eigenvalue weighted by molar-refractivity contribution is 6.31. The SMILES string of the molecule is Cc1nnc2n1CCN(C(=O)Cc1c(F)cccc1Cl)CC2. The highest BCUT2D eigenvalue weighted by Crippen LogP contribution is 2.20. The summed E-state index contributed by atoms with van der Waals surface area (Å²) in [6, 6.07) is 4.45. The average molecular weight is 323 g/mol. The molecule has 0 bridgehead atoms. The number of nitrogens with zero attached hydrogens (tertiary/aromatic N) is 4. The summed E-state index contributed by atoms with van der Waals surface area (Å²) in [7, 11) is 0. The number of hydrogen-bond donors (Lipinski definition) is 0. The van der Waals surface area contributed by atoms with E-state index in [9.17, 15) is 9.18 Å². The normalized spacial score (nSPS) is 14.6. The van der Waals surface area contributed by atoms with E-state index in [1.54, 1.807) is 11.0 Å². The number of carbonyl (C=O) groups excluding carboxylic acids is 1. The van der Waals surface area contributed by atoms with Gasteiger partial charge in [-0.2, -0.15) is 0 Å². The quantitative estimate of drug-likeness (QED) is 0.850. The number of rotatable bonds is 2. The van der Waals surface area contributed by atoms with Crippen molar-refractivity contribution in [1.82, 2.24) is 19.7 Å². The van der Waals surface area contributed by atoms with Crippen LogP contribution < -0.4 is 0 Å². The summed E-state index contributed by atoms with van der Waals surface area (Å²) < 4.78 is 15.8. The Hall–Kier alpha value is -1.95. The fraction of sp³-hybridized carbons (Fsp3) is 0.400. The summed E-state index contributed by atoms with van der Waals surface area (Å²) in [6.07, 6.45) is 0.628. The molecule has 7 heteroatoms. The van der Waals surface area contributed by atoms with E-state index in [0.717, 1.165) is 11.6 Å². The lowest BCUT2D eigenvalue weighted by molar-refractivity contribution is -0.130. The number of amides is 1. The molecule has 22 heavy (non-hydrogen) atoms. The van der Waals surface area contributed by atoms with E-state index >= 15 is 0 Å². The fourth-order valence-electron chi connectivity index (χ4n) is 2.68. The first-order valence-corrected chi connectivity index (χ1v) is 7.53. The molecule has 1 aromatic heterocycles. The van der Waals surface area contributed by atoms with Crippen molar-refractivity contribution in [2.24, 2.45) is 0 Å². The van der Waals surface area contributed by atoms with Gasteiger partial charge in [0.15, 0.2) is 0 Å². The molecule has 0 unspecified atom stereocenters. The van der Waals surface area contributed by atoms with Gasteiger partial charge in [-0.1, -0.05) is 17.7 Å². The van der Waals surface area contributed by atoms with Gasteiger partial charge in [0.05, 0.1) is 6.42 Å². The zero-order chi connectivity index (χ0) is 15.7. The van der Waals surface area contributed by atoms with Gasteiger partial charge in [-0.15, -0.1) is 10.2 Å². The Kier molecular flexibility index (Phi) is 4.11. The standard InChI is InChI=1S/C15H16ClFN4O/c1-10-18-19-14-5-6-20(7-8-21(10)14)15(22)9-11-12(16)3-2-4-13(11)17/h2-4H,5-9H2,1H3. The van der Waals surface area contributed by atoms with Crippen LogP contribution in [0.25, 0.3) is 0 Å². The molecule has 1 aromatic carbocycles. The largest absolute Gasteiger partial charge is 0.340 e. The van der Waals surface area contributed by atoms with Gasteiger partial charge in [-0.3, -0.25) is 4.79 Å². The van der Waals surface area contributed by atoms with Gasteiger partial charge >= 0.3 is 0 Å². The lowest BCUT2D eigenvalue weighted by Gasteiger charge is -2.20. The second-order valence-electron chi connectivity index (χ2n) is 5.32. The highest BCUT2D eigenvalue weighted by Gasteiger charge is 2.22. The van der Waals surface area contributed by atoms with Crippen LogP contribution in [0.5, 0.6) is 0 Å². The Morgan fingerprint density at radius 1 is 1.32 bits per heavy atom. The van der Waals surface area contributed by atoms with Crippen LogP contribution in [-0.4, -0.2) is 38.7 Å². The Bertz CT molecular complexity index is 695. The van der Waals surface area contributed by atoms with Gasteiger partial charge in [0.25, 0.3) is 0 Å². The molecule has 2 heterocycles. The maximum Gasteiger partial charge on any atom is 0.227 e. The number of hydrogen-bond acceptors (Lipinski definition) is 3. The molecule has 0 N–H and O–H groups in total. The van der Waals surface area contributed by atoms with Gasteiger partial charge < -0.3 is 9.47 Å². The average Bonchev–Trinajstić information content (AvgIpc) is 2.72. The molecule has 3 rings (SSSR count). The number of aromatic nitrogens is 3. The predicted molar refractivity (Wildman–Crippen MR) is 80.2 cm³/mol. The van der Waals surface area contributed by atoms with Crippen molar-refractivity contribution in [2.45, 2.75) is 26.3 Å². The van der Waals surface area contributed by atoms with Crippen LogP contribution >= 0.6 is 11.6 Å². The van der Waals surface area contributed by atoms with E-state index in [-0.39, 0.29) is 22.9 Å². The summed E-state index contributed by atoms with van der Waals surface area (Å²) >= 11 is 5.99. The first-order valence-electron chi connectivity index (χ1n) is 7.15. The molecule has 116 valence electrons. The summed E-state index contributed by atoms with van der Waals surface area (Å²) in [4.78, 5) is 14.2. The number of fused-ring (bicyclic) bond motifs is 1. The van der Waals surface area contributed by atoms with E-state index in [0.29, 0.717) is 26.1 Å². The van der Waals surface area contributed by atoms with Crippen molar-refractivity contribution in [3.8, 4) is 0 Å². The minimum atomic E-state index is -0.441. The molecule has 0 aliphatic carbocycles. The molecule has 1 aliphatic rings. The van der Waals surface area contributed by atoms with Crippen molar-refractivity contribution in [3.05, 3.63) is 46.3 Å². The van der Waals surface area contributed by atoms with E-state index < -0.39 is 5.82 Å². The zero-order valence-corrected chi connectivity index (χ0v) is 13.0. The summed E-state index contributed by atoms with van der Waals surface area (Å²) in [5, 5.41) is 8.45. The molecule has 0 saturated heterocycles. The van der Waals surface area contributed by atoms with Crippen LogP contribution in [0.15, 0.2) is 18.2 Å². The number of aryl methyl sites for hydroxylation is 1. The Morgan fingerprint density at radius 3 is 2.91 bits per heavy atom. The van der Waals surface area contributed by atoms with Crippen molar-refractivity contribution >= 4 is 17.5 Å². The molecule has 1 aliphatic heterocycles. The number of carbonyl (C=O) groups is 1. The number of halogens is 2. The van der Waals surface area contributed by atoms with Crippen LogP contribution in [-0.2, 0) is 24.2 Å². The van der Waals surface area contributed by atoms with Crippen molar-refractivity contribution < 1.29 is 9.18 Å². The number of benzene rings is 1. The second kappa shape index (κ2) is 6.04. The van der Waals surface area contributed by atoms with Crippen LogP contribution in [0.4, 0.5) is 4.39 Å². The van der Waals surface area contributed by atoms with E-state index in [1.165, 1.54) is 12.1 Å². The molecule has 5 nitrogen and oxygen atoms in total. The van der Waals surface area contributed by atoms with Crippen LogP contribution in [0, 0.1) is 12.7 Å². The molecule has 0 fully saturated rings. The molecular weight excluding hydrogens is 307 g/mol. The molecule has 1 amide bonds. The van der Waals surface area contributed by atoms with Crippen LogP contribution in [0.2, 0.25) is 5.02 Å². The third-order valence-electron chi connectivity index (χ3n) is 3.95. The molecule has 0 spiro atoms. The maximum absolute atomic E-state index is 13.8. The Labute approximate surface area is 132 Å². The van der Waals surface area contributed by atoms with Crippen LogP contribution in [0.1, 0.15) is 17.2 Å². The van der Waals surface area contributed by atoms with E-state index in [2.05, 4.69) is 10.2 Å². The molecule has 2 aromatic rings. The minimum Gasteiger partial charge on any atom is -0.340 e. The molecule has 0 saturated carbocycles. The van der Waals surface area contributed by atoms with Gasteiger partial charge in [0.1, 0.15) is 17.5 Å². The van der Waals surface area contributed by atoms with Crippen LogP contribution in [0.3, 0.4) is 0 Å². The Morgan fingerprint density at radius 2 is 2.14 bits per heavy atom. The monoisotopic (exact) mass is 322 g/mol. The zero-order valence-electron chi connectivity index (χ0n) is 12.2. The smallest absolute Gasteiger partial charge is 0.227 e. The van der Waals surface area contributed by atoms with Gasteiger partial charge in [-0.05, 0) is 19.1 Å². The Balaban J connectivity index is 1.72. The second-order valence-corrected chi connectivity index (χ2v) is 5.73. The third-order valence-corrected chi connectivity index (χ3v) is 4.31. The van der Waals surface area contributed by atoms with E-state index in [4.69, 9.17) is 11.6 Å². The lowest BCUT2D eigenvalue weighted by atomic mass is 10.1. The molecule has 0 radical (unpaired) electrons. The summed E-state index contributed by atoms with van der Waals surface area (Å²) in [5.74, 6) is 1.17. The lowest BCUT2D eigenvalue weighted by Crippen LogP contribution is -2.35. The summed E-state index contributed by atoms with van der Waals surface area (Å²) in [5.41, 5.74) is 0.258. The van der Waals surface area contributed by atoms with Gasteiger partial charge in [-0.25, -0.2) is 4.39 Å². The topological polar surface area (TPSA) is 51.0 Å². The van der Waals surface area contributed by atoms with Gasteiger partial charge in [0, 0.05) is 36.6 Å². The van der Waals surface area contributed by atoms with E-state index in [1.807, 2.05) is 11.5 Å². The van der Waals surface area contributed by atoms with Crippen molar-refractivity contribution in [1.29, 1.82) is 0 Å². The highest BCUT2D eigenvalue weighted by atomic mass is 35.5. The maximum atomic E-state index is 13.8. The first kappa shape index (κ1) is 15.0. The third kappa shape index (κ3) is 2.83. The van der Waals surface area contributed by atoms with Gasteiger partial charge in [0.2, 0.25) is 5.91 Å². The molecule has 0 atom stereocenters. The predicted octanol–water partition coefficient (Wildman–Crippen LogP) is 2.01. The first-order chi connectivity index (χ1) is 10.6. The molecular formula is C15H16ClFN4O. The summed E-state index contributed by atoms with van der Waals surface area (Å²) in [6.45, 7) is 3.68. The minimum absolute atomic E-state index is 0.0228. The van der Waals surface area contributed by atoms with Crippen molar-refractivity contribution in [3.63, 3.8) is 0 Å². The fourth-order valence-corrected chi connectivity index (χ4v) is 2.91.